The maximum absolute atomic E-state index is 0. The van der Waals surface area contributed by atoms with Gasteiger partial charge in [-0.3, -0.25) is 0 Å². The van der Waals surface area contributed by atoms with Crippen LogP contribution in [0.25, 0.3) is 0 Å². The fourth-order valence-electron chi connectivity index (χ4n) is 0. The topological polar surface area (TPSA) is 30.0 Å². The van der Waals surface area contributed by atoms with E-state index >= 15 is 0 Å². The first-order valence-electron chi connectivity index (χ1n) is 0. The molecule has 0 spiro atoms. The first kappa shape index (κ1) is 37.1. The summed E-state index contributed by atoms with van der Waals surface area (Å²) in [5.74, 6) is 0. The first-order valence-corrected chi connectivity index (χ1v) is 0. The monoisotopic (exact) mass is 78.0 g/mol. The molecule has 1 nitrogen and oxygen atoms in total. The van der Waals surface area contributed by atoms with Crippen LogP contribution in [0.3, 0.4) is 0 Å². The molecule has 0 aromatic carbocycles. The molecule has 0 saturated carbocycles. The van der Waals surface area contributed by atoms with Gasteiger partial charge < -0.3 is 5.48 Å². The van der Waals surface area contributed by atoms with Gasteiger partial charge in [-0.15, -0.1) is 0 Å². The van der Waals surface area contributed by atoms with E-state index in [1.807, 2.05) is 0 Å². The zero-order chi connectivity index (χ0) is 0. The fourth-order valence-corrected chi connectivity index (χ4v) is 0. The van der Waals surface area contributed by atoms with Crippen LogP contribution in [0.1, 0.15) is 0 Å². The third-order valence-corrected chi connectivity index (χ3v) is 0. The molecule has 1 N–H and O–H groups in total. The van der Waals surface area contributed by atoms with E-state index in [0.717, 1.165) is 0 Å². The SMILES string of the molecule is [BH4-].[Na+].[Na+].[OH-]. The Balaban J connectivity index is 0. The summed E-state index contributed by atoms with van der Waals surface area (Å²) in [6, 6.07) is 0. The predicted molar refractivity (Wildman–Crippen MR) is 13.3 cm³/mol. The molecule has 0 aliphatic rings. The molecule has 0 amide bonds. The van der Waals surface area contributed by atoms with Crippen molar-refractivity contribution in [3.63, 3.8) is 0 Å². The minimum atomic E-state index is 0. The van der Waals surface area contributed by atoms with Crippen LogP contribution in [0.5, 0.6) is 0 Å². The van der Waals surface area contributed by atoms with Gasteiger partial charge in [0.2, 0.25) is 0 Å². The van der Waals surface area contributed by atoms with Crippen molar-refractivity contribution in [3.8, 4) is 0 Å². The molecule has 0 heterocycles. The Labute approximate surface area is 72.0 Å². The largest absolute Gasteiger partial charge is 1.00 e. The summed E-state index contributed by atoms with van der Waals surface area (Å²) in [5, 5.41) is 0. The van der Waals surface area contributed by atoms with Gasteiger partial charge in [0.05, 0.1) is 0 Å². The smallest absolute Gasteiger partial charge is 0.870 e. The van der Waals surface area contributed by atoms with Gasteiger partial charge in [-0.05, 0) is 0 Å². The van der Waals surface area contributed by atoms with Crippen molar-refractivity contribution in [1.82, 2.24) is 0 Å². The maximum atomic E-state index is 0. The Kier molecular flexibility index (Phi) is 184. The Hall–Kier alpha value is 2.02. The van der Waals surface area contributed by atoms with Crippen molar-refractivity contribution in [1.29, 1.82) is 0 Å². The quantitative estimate of drug-likeness (QED) is 0.264. The van der Waals surface area contributed by atoms with Gasteiger partial charge in [-0.25, -0.2) is 0 Å². The maximum Gasteiger partial charge on any atom is 1.00 e. The minimum Gasteiger partial charge on any atom is -0.870 e. The van der Waals surface area contributed by atoms with Crippen LogP contribution in [0.4, 0.5) is 0 Å². The summed E-state index contributed by atoms with van der Waals surface area (Å²) >= 11 is 0. The Morgan fingerprint density at radius 3 is 0.750 bits per heavy atom. The molecule has 0 fully saturated rings. The fraction of sp³-hybridized carbons (Fsp3) is 0. The molecular weight excluding hydrogens is 72.8 g/mol. The van der Waals surface area contributed by atoms with Crippen LogP contribution >= 0.6 is 0 Å². The van der Waals surface area contributed by atoms with Gasteiger partial charge in [0.15, 0.2) is 0 Å². The molecule has 0 radical (unpaired) electrons. The molecule has 4 heteroatoms. The zero-order valence-corrected chi connectivity index (χ0v) is 6.45. The van der Waals surface area contributed by atoms with E-state index < -0.39 is 0 Å². The van der Waals surface area contributed by atoms with E-state index in [9.17, 15) is 0 Å². The Bertz CT molecular complexity index is 6.00. The normalized spacial score (nSPS) is 0. The molecule has 0 aromatic rings. The molecule has 0 saturated heterocycles. The molecule has 0 aromatic heterocycles. The van der Waals surface area contributed by atoms with Crippen LogP contribution in [0.15, 0.2) is 0 Å². The second-order valence-electron chi connectivity index (χ2n) is 0. The molecule has 0 rings (SSSR count). The average molecular weight is 77.8 g/mol. The van der Waals surface area contributed by atoms with Gasteiger partial charge in [0.25, 0.3) is 0 Å². The van der Waals surface area contributed by atoms with E-state index in [0.29, 0.717) is 0 Å². The molecule has 0 aliphatic heterocycles. The summed E-state index contributed by atoms with van der Waals surface area (Å²) in [5.41, 5.74) is 0. The van der Waals surface area contributed by atoms with Gasteiger partial charge in [0.1, 0.15) is 0 Å². The first-order chi connectivity index (χ1) is 0. The summed E-state index contributed by atoms with van der Waals surface area (Å²) < 4.78 is 0. The summed E-state index contributed by atoms with van der Waals surface area (Å²) in [6.07, 6.45) is 0. The Morgan fingerprint density at radius 2 is 0.750 bits per heavy atom. The third-order valence-electron chi connectivity index (χ3n) is 0. The van der Waals surface area contributed by atoms with Gasteiger partial charge in [-0.1, -0.05) is 8.41 Å². The van der Waals surface area contributed by atoms with E-state index in [4.69, 9.17) is 0 Å². The van der Waals surface area contributed by atoms with Crippen molar-refractivity contribution in [3.05, 3.63) is 0 Å². The molecule has 0 aliphatic carbocycles. The second-order valence-corrected chi connectivity index (χ2v) is 0. The molecular formula is H5BNa2O. The molecule has 0 bridgehead atoms. The van der Waals surface area contributed by atoms with Crippen molar-refractivity contribution >= 4 is 8.41 Å². The van der Waals surface area contributed by atoms with E-state index in [-0.39, 0.29) is 73.0 Å². The van der Waals surface area contributed by atoms with E-state index in [2.05, 4.69) is 0 Å². The number of hydrogen-bond donors (Lipinski definition) is 0. The van der Waals surface area contributed by atoms with Gasteiger partial charge in [-0.2, -0.15) is 0 Å². The van der Waals surface area contributed by atoms with Crippen LogP contribution in [0.2, 0.25) is 0 Å². The summed E-state index contributed by atoms with van der Waals surface area (Å²) in [4.78, 5) is 0. The standard InChI is InChI=1S/BH4.2Na.H2O/h1H4;;;1H2/q-1;2*+1;/p-1. The summed E-state index contributed by atoms with van der Waals surface area (Å²) in [6.45, 7) is 0. The van der Waals surface area contributed by atoms with Crippen molar-refractivity contribution in [2.24, 2.45) is 0 Å². The van der Waals surface area contributed by atoms with Crippen LogP contribution in [-0.4, -0.2) is 13.9 Å². The zero-order valence-electron chi connectivity index (χ0n) is 2.45. The van der Waals surface area contributed by atoms with E-state index in [1.165, 1.54) is 0 Å². The van der Waals surface area contributed by atoms with Crippen LogP contribution < -0.4 is 59.1 Å². The summed E-state index contributed by atoms with van der Waals surface area (Å²) in [7, 11) is 0. The average Bonchev–Trinajstić information content (AvgIpc) is 0. The van der Waals surface area contributed by atoms with Crippen molar-refractivity contribution in [2.75, 3.05) is 0 Å². The number of rotatable bonds is 0. The Morgan fingerprint density at radius 1 is 0.750 bits per heavy atom. The van der Waals surface area contributed by atoms with Gasteiger partial charge in [0, 0.05) is 0 Å². The van der Waals surface area contributed by atoms with Gasteiger partial charge >= 0.3 is 59.1 Å². The van der Waals surface area contributed by atoms with Crippen LogP contribution in [0, 0.1) is 0 Å². The minimum absolute atomic E-state index is 0. The van der Waals surface area contributed by atoms with E-state index in [1.54, 1.807) is 0 Å². The second kappa shape index (κ2) is 19.9. The predicted octanol–water partition coefficient (Wildman–Crippen LogP) is -7.62. The molecule has 0 atom stereocenters. The third kappa shape index (κ3) is 8.98. The molecule has 0 unspecified atom stereocenters. The van der Waals surface area contributed by atoms with Crippen molar-refractivity contribution < 1.29 is 64.6 Å². The van der Waals surface area contributed by atoms with Crippen molar-refractivity contribution in [2.45, 2.75) is 0 Å². The number of hydrogen-bond acceptors (Lipinski definition) is 1. The molecule has 16 valence electrons. The van der Waals surface area contributed by atoms with Crippen LogP contribution in [-0.2, 0) is 0 Å². The molecule has 4 heavy (non-hydrogen) atoms.